The molecule has 0 atom stereocenters. The van der Waals surface area contributed by atoms with E-state index in [9.17, 15) is 0 Å². The minimum absolute atomic E-state index is 0.534. The van der Waals surface area contributed by atoms with Crippen LogP contribution in [0, 0.1) is 5.92 Å². The standard InChI is InChI=1S/C16H24ClNO2/c1-12(2)11-19-7-8-20-16-6-3-13(9-15(16)17)10-18-14-4-5-14/h3,6,9,12,14,18H,4-5,7-8,10-11H2,1-2H3. The van der Waals surface area contributed by atoms with E-state index >= 15 is 0 Å². The Kier molecular flexibility index (Phi) is 6.14. The summed E-state index contributed by atoms with van der Waals surface area (Å²) in [5.41, 5.74) is 1.20. The van der Waals surface area contributed by atoms with E-state index in [0.29, 0.717) is 30.2 Å². The van der Waals surface area contributed by atoms with Crippen molar-refractivity contribution < 1.29 is 9.47 Å². The average molecular weight is 298 g/mol. The molecule has 1 N–H and O–H groups in total. The second-order valence-corrected chi connectivity index (χ2v) is 6.14. The topological polar surface area (TPSA) is 30.5 Å². The van der Waals surface area contributed by atoms with Gasteiger partial charge in [0.15, 0.2) is 0 Å². The highest BCUT2D eigenvalue weighted by atomic mass is 35.5. The van der Waals surface area contributed by atoms with Gasteiger partial charge in [0.25, 0.3) is 0 Å². The van der Waals surface area contributed by atoms with Gasteiger partial charge in [0.2, 0.25) is 0 Å². The van der Waals surface area contributed by atoms with Crippen LogP contribution in [0.4, 0.5) is 0 Å². The second kappa shape index (κ2) is 7.87. The van der Waals surface area contributed by atoms with Gasteiger partial charge in [0, 0.05) is 19.2 Å². The first-order chi connectivity index (χ1) is 9.65. The third-order valence-electron chi connectivity index (χ3n) is 3.10. The van der Waals surface area contributed by atoms with Crippen LogP contribution in [0.15, 0.2) is 18.2 Å². The molecule has 0 amide bonds. The highest BCUT2D eigenvalue weighted by molar-refractivity contribution is 6.32. The van der Waals surface area contributed by atoms with Crippen molar-refractivity contribution in [1.29, 1.82) is 0 Å². The lowest BCUT2D eigenvalue weighted by Gasteiger charge is -2.11. The number of hydrogen-bond acceptors (Lipinski definition) is 3. The predicted molar refractivity (Wildman–Crippen MR) is 82.5 cm³/mol. The Bertz CT molecular complexity index is 419. The zero-order valence-electron chi connectivity index (χ0n) is 12.3. The third-order valence-corrected chi connectivity index (χ3v) is 3.40. The second-order valence-electron chi connectivity index (χ2n) is 5.74. The molecule has 0 heterocycles. The summed E-state index contributed by atoms with van der Waals surface area (Å²) in [6.45, 7) is 7.04. The third kappa shape index (κ3) is 5.70. The molecule has 4 heteroatoms. The molecule has 0 radical (unpaired) electrons. The fourth-order valence-corrected chi connectivity index (χ4v) is 2.11. The van der Waals surface area contributed by atoms with Gasteiger partial charge in [-0.2, -0.15) is 0 Å². The number of nitrogens with one attached hydrogen (secondary N) is 1. The molecule has 0 aromatic heterocycles. The van der Waals surface area contributed by atoms with Crippen molar-refractivity contribution >= 4 is 11.6 Å². The van der Waals surface area contributed by atoms with Crippen LogP contribution >= 0.6 is 11.6 Å². The Morgan fingerprint density at radius 1 is 1.30 bits per heavy atom. The predicted octanol–water partition coefficient (Wildman–Crippen LogP) is 3.64. The average Bonchev–Trinajstić information content (AvgIpc) is 3.21. The van der Waals surface area contributed by atoms with Crippen molar-refractivity contribution in [3.8, 4) is 5.75 Å². The summed E-state index contributed by atoms with van der Waals surface area (Å²) in [5.74, 6) is 1.28. The molecule has 0 bridgehead atoms. The van der Waals surface area contributed by atoms with Gasteiger partial charge in [0.1, 0.15) is 12.4 Å². The van der Waals surface area contributed by atoms with Gasteiger partial charge >= 0.3 is 0 Å². The van der Waals surface area contributed by atoms with Crippen LogP contribution in [0.1, 0.15) is 32.3 Å². The summed E-state index contributed by atoms with van der Waals surface area (Å²) in [4.78, 5) is 0. The number of benzene rings is 1. The van der Waals surface area contributed by atoms with Crippen molar-refractivity contribution in [3.05, 3.63) is 28.8 Å². The smallest absolute Gasteiger partial charge is 0.138 e. The molecule has 1 aromatic carbocycles. The van der Waals surface area contributed by atoms with Crippen LogP contribution in [0.3, 0.4) is 0 Å². The molecule has 2 rings (SSSR count). The summed E-state index contributed by atoms with van der Waals surface area (Å²) in [5, 5.41) is 4.14. The molecular weight excluding hydrogens is 274 g/mol. The van der Waals surface area contributed by atoms with Crippen molar-refractivity contribution in [1.82, 2.24) is 5.32 Å². The summed E-state index contributed by atoms with van der Waals surface area (Å²) < 4.78 is 11.1. The number of ether oxygens (including phenoxy) is 2. The van der Waals surface area contributed by atoms with E-state index in [4.69, 9.17) is 21.1 Å². The van der Waals surface area contributed by atoms with Gasteiger partial charge in [-0.15, -0.1) is 0 Å². The van der Waals surface area contributed by atoms with E-state index in [-0.39, 0.29) is 0 Å². The molecule has 1 fully saturated rings. The van der Waals surface area contributed by atoms with E-state index in [0.717, 1.165) is 18.9 Å². The van der Waals surface area contributed by atoms with E-state index in [1.807, 2.05) is 12.1 Å². The van der Waals surface area contributed by atoms with Gasteiger partial charge in [-0.25, -0.2) is 0 Å². The Morgan fingerprint density at radius 2 is 2.10 bits per heavy atom. The molecule has 0 saturated heterocycles. The molecule has 3 nitrogen and oxygen atoms in total. The van der Waals surface area contributed by atoms with Crippen molar-refractivity contribution in [2.24, 2.45) is 5.92 Å². The normalized spacial score (nSPS) is 14.8. The first-order valence-corrected chi connectivity index (χ1v) is 7.75. The van der Waals surface area contributed by atoms with Crippen molar-refractivity contribution in [2.75, 3.05) is 19.8 Å². The number of rotatable bonds is 9. The fraction of sp³-hybridized carbons (Fsp3) is 0.625. The maximum absolute atomic E-state index is 6.23. The molecule has 1 saturated carbocycles. The van der Waals surface area contributed by atoms with Gasteiger partial charge in [-0.3, -0.25) is 0 Å². The van der Waals surface area contributed by atoms with Crippen LogP contribution in [0.25, 0.3) is 0 Å². The highest BCUT2D eigenvalue weighted by Crippen LogP contribution is 2.26. The van der Waals surface area contributed by atoms with E-state index in [2.05, 4.69) is 25.2 Å². The molecule has 0 spiro atoms. The Hall–Kier alpha value is -0.770. The van der Waals surface area contributed by atoms with Gasteiger partial charge in [-0.1, -0.05) is 31.5 Å². The van der Waals surface area contributed by atoms with Crippen molar-refractivity contribution in [2.45, 2.75) is 39.3 Å². The quantitative estimate of drug-likeness (QED) is 0.706. The molecule has 1 aromatic rings. The van der Waals surface area contributed by atoms with Crippen LogP contribution in [0.2, 0.25) is 5.02 Å². The number of hydrogen-bond donors (Lipinski definition) is 1. The first kappa shape index (κ1) is 15.6. The molecule has 0 unspecified atom stereocenters. The van der Waals surface area contributed by atoms with Gasteiger partial charge in [0.05, 0.1) is 11.6 Å². The van der Waals surface area contributed by atoms with E-state index in [1.165, 1.54) is 18.4 Å². The lowest BCUT2D eigenvalue weighted by atomic mass is 10.2. The monoisotopic (exact) mass is 297 g/mol. The number of halogens is 1. The first-order valence-electron chi connectivity index (χ1n) is 7.37. The summed E-state index contributed by atoms with van der Waals surface area (Å²) in [7, 11) is 0. The Morgan fingerprint density at radius 3 is 2.75 bits per heavy atom. The minimum Gasteiger partial charge on any atom is -0.490 e. The van der Waals surface area contributed by atoms with E-state index in [1.54, 1.807) is 0 Å². The maximum Gasteiger partial charge on any atom is 0.138 e. The van der Waals surface area contributed by atoms with Crippen LogP contribution in [-0.2, 0) is 11.3 Å². The minimum atomic E-state index is 0.534. The molecule has 112 valence electrons. The molecular formula is C16H24ClNO2. The lowest BCUT2D eigenvalue weighted by Crippen LogP contribution is -2.15. The van der Waals surface area contributed by atoms with Gasteiger partial charge < -0.3 is 14.8 Å². The Labute approximate surface area is 126 Å². The fourth-order valence-electron chi connectivity index (χ4n) is 1.85. The summed E-state index contributed by atoms with van der Waals surface area (Å²) >= 11 is 6.23. The molecule has 1 aliphatic carbocycles. The molecule has 1 aliphatic rings. The van der Waals surface area contributed by atoms with Crippen LogP contribution in [0.5, 0.6) is 5.75 Å². The van der Waals surface area contributed by atoms with Crippen LogP contribution in [-0.4, -0.2) is 25.9 Å². The maximum atomic E-state index is 6.23. The SMILES string of the molecule is CC(C)COCCOc1ccc(CNC2CC2)cc1Cl. The highest BCUT2D eigenvalue weighted by Gasteiger charge is 2.20. The zero-order valence-corrected chi connectivity index (χ0v) is 13.1. The Balaban J connectivity index is 1.71. The molecule has 0 aliphatic heterocycles. The van der Waals surface area contributed by atoms with Crippen molar-refractivity contribution in [3.63, 3.8) is 0 Å². The van der Waals surface area contributed by atoms with E-state index < -0.39 is 0 Å². The van der Waals surface area contributed by atoms with Crippen LogP contribution < -0.4 is 10.1 Å². The summed E-state index contributed by atoms with van der Waals surface area (Å²) in [6.07, 6.45) is 2.59. The lowest BCUT2D eigenvalue weighted by molar-refractivity contribution is 0.0819. The molecule has 20 heavy (non-hydrogen) atoms. The largest absolute Gasteiger partial charge is 0.490 e. The zero-order chi connectivity index (χ0) is 14.4. The summed E-state index contributed by atoms with van der Waals surface area (Å²) in [6, 6.07) is 6.68. The van der Waals surface area contributed by atoms with Gasteiger partial charge in [-0.05, 0) is 36.5 Å².